The Labute approximate surface area is 85.0 Å². The van der Waals surface area contributed by atoms with Crippen molar-refractivity contribution in [1.29, 1.82) is 0 Å². The van der Waals surface area contributed by atoms with Crippen LogP contribution in [0.3, 0.4) is 0 Å². The second kappa shape index (κ2) is 4.02. The molecule has 69 valence electrons. The zero-order chi connectivity index (χ0) is 9.80. The first-order chi connectivity index (χ1) is 6.86. The first kappa shape index (κ1) is 8.90. The molecule has 1 radical (unpaired) electrons. The van der Waals surface area contributed by atoms with Crippen LogP contribution in [0.5, 0.6) is 5.75 Å². The number of para-hydroxylation sites is 1. The van der Waals surface area contributed by atoms with Gasteiger partial charge in [0.2, 0.25) is 5.01 Å². The summed E-state index contributed by atoms with van der Waals surface area (Å²) in [5.74, 6) is 0.0788. The van der Waals surface area contributed by atoms with Gasteiger partial charge in [-0.2, -0.15) is 0 Å². The van der Waals surface area contributed by atoms with Crippen molar-refractivity contribution in [2.24, 2.45) is 0 Å². The average Bonchev–Trinajstić information content (AvgIpc) is 2.72. The molecule has 1 heterocycles. The lowest BCUT2D eigenvalue weighted by atomic mass is 10.3. The number of carbonyl (C=O) groups is 1. The Bertz CT molecular complexity index is 411. The topological polar surface area (TPSA) is 39.2 Å². The summed E-state index contributed by atoms with van der Waals surface area (Å²) in [6, 6.07) is 8.89. The van der Waals surface area contributed by atoms with E-state index in [1.54, 1.807) is 29.6 Å². The minimum atomic E-state index is -0.442. The second-order valence-electron chi connectivity index (χ2n) is 2.48. The zero-order valence-corrected chi connectivity index (χ0v) is 7.95. The van der Waals surface area contributed by atoms with Gasteiger partial charge in [0.25, 0.3) is 0 Å². The molecule has 0 fully saturated rings. The lowest BCUT2D eigenvalue weighted by Crippen LogP contribution is -2.07. The maximum absolute atomic E-state index is 11.4. The summed E-state index contributed by atoms with van der Waals surface area (Å²) < 4.78 is 5.05. The molecule has 0 aliphatic carbocycles. The molecule has 4 heteroatoms. The molecular weight excluding hydrogens is 198 g/mol. The SMILES string of the molecule is O=C(Oc1ccccc1)c1n[c]cs1. The van der Waals surface area contributed by atoms with Crippen molar-refractivity contribution in [2.45, 2.75) is 0 Å². The number of aromatic nitrogens is 1. The van der Waals surface area contributed by atoms with Crippen LogP contribution in [0.2, 0.25) is 0 Å². The molecular formula is C10H6NO2S. The Morgan fingerprint density at radius 3 is 2.79 bits per heavy atom. The number of carbonyl (C=O) groups excluding carboxylic acids is 1. The van der Waals surface area contributed by atoms with Crippen LogP contribution in [0.25, 0.3) is 0 Å². The summed E-state index contributed by atoms with van der Waals surface area (Å²) in [5.41, 5.74) is 0. The highest BCUT2D eigenvalue weighted by Gasteiger charge is 2.10. The van der Waals surface area contributed by atoms with Gasteiger partial charge in [0.1, 0.15) is 11.9 Å². The van der Waals surface area contributed by atoms with E-state index in [1.807, 2.05) is 6.07 Å². The lowest BCUT2D eigenvalue weighted by molar-refractivity contribution is 0.0734. The number of thiazole rings is 1. The molecule has 0 bridgehead atoms. The van der Waals surface area contributed by atoms with Crippen LogP contribution in [-0.2, 0) is 0 Å². The van der Waals surface area contributed by atoms with E-state index < -0.39 is 5.97 Å². The molecule has 0 atom stereocenters. The van der Waals surface area contributed by atoms with Crippen molar-refractivity contribution >= 4 is 17.3 Å². The molecule has 0 N–H and O–H groups in total. The van der Waals surface area contributed by atoms with E-state index in [4.69, 9.17) is 4.74 Å². The summed E-state index contributed by atoms with van der Waals surface area (Å²) in [5, 5.41) is 1.93. The van der Waals surface area contributed by atoms with Crippen LogP contribution >= 0.6 is 11.3 Å². The third-order valence-corrected chi connectivity index (χ3v) is 2.22. The van der Waals surface area contributed by atoms with E-state index in [2.05, 4.69) is 11.2 Å². The molecule has 0 spiro atoms. The van der Waals surface area contributed by atoms with Gasteiger partial charge in [-0.05, 0) is 12.1 Å². The number of ether oxygens (including phenoxy) is 1. The summed E-state index contributed by atoms with van der Waals surface area (Å²) in [6.07, 6.45) is 2.56. The maximum Gasteiger partial charge on any atom is 0.372 e. The molecule has 0 saturated heterocycles. The number of benzene rings is 1. The van der Waals surface area contributed by atoms with Gasteiger partial charge >= 0.3 is 5.97 Å². The summed E-state index contributed by atoms with van der Waals surface area (Å²) in [6.45, 7) is 0. The quantitative estimate of drug-likeness (QED) is 0.556. The summed E-state index contributed by atoms with van der Waals surface area (Å²) >= 11 is 1.21. The third-order valence-electron chi connectivity index (χ3n) is 1.52. The smallest absolute Gasteiger partial charge is 0.372 e. The summed E-state index contributed by atoms with van der Waals surface area (Å²) in [7, 11) is 0. The van der Waals surface area contributed by atoms with Gasteiger partial charge in [-0.3, -0.25) is 0 Å². The predicted octanol–water partition coefficient (Wildman–Crippen LogP) is 2.16. The highest BCUT2D eigenvalue weighted by Crippen LogP contribution is 2.12. The molecule has 0 amide bonds. The maximum atomic E-state index is 11.4. The van der Waals surface area contributed by atoms with Crippen LogP contribution in [-0.4, -0.2) is 11.0 Å². The molecule has 1 aromatic heterocycles. The summed E-state index contributed by atoms with van der Waals surface area (Å²) in [4.78, 5) is 15.1. The number of hydrogen-bond acceptors (Lipinski definition) is 4. The highest BCUT2D eigenvalue weighted by molar-refractivity contribution is 7.11. The Kier molecular flexibility index (Phi) is 2.55. The van der Waals surface area contributed by atoms with Crippen LogP contribution in [0.1, 0.15) is 9.80 Å². The van der Waals surface area contributed by atoms with Gasteiger partial charge in [0.05, 0.1) is 0 Å². The van der Waals surface area contributed by atoms with Crippen LogP contribution in [0.15, 0.2) is 35.7 Å². The fourth-order valence-corrected chi connectivity index (χ4v) is 1.39. The van der Waals surface area contributed by atoms with Crippen molar-refractivity contribution in [3.05, 3.63) is 46.9 Å². The first-order valence-corrected chi connectivity index (χ1v) is 4.83. The molecule has 0 saturated carbocycles. The van der Waals surface area contributed by atoms with E-state index in [0.717, 1.165) is 0 Å². The molecule has 3 nitrogen and oxygen atoms in total. The fraction of sp³-hybridized carbons (Fsp3) is 0. The second-order valence-corrected chi connectivity index (χ2v) is 3.34. The van der Waals surface area contributed by atoms with E-state index >= 15 is 0 Å². The van der Waals surface area contributed by atoms with Crippen LogP contribution in [0.4, 0.5) is 0 Å². The zero-order valence-electron chi connectivity index (χ0n) is 7.14. The van der Waals surface area contributed by atoms with Crippen molar-refractivity contribution in [3.8, 4) is 5.75 Å². The van der Waals surface area contributed by atoms with Gasteiger partial charge in [0, 0.05) is 5.38 Å². The van der Waals surface area contributed by atoms with E-state index in [9.17, 15) is 4.79 Å². The van der Waals surface area contributed by atoms with Gasteiger partial charge in [-0.1, -0.05) is 18.2 Å². The minimum Gasteiger partial charge on any atom is -0.421 e. The minimum absolute atomic E-state index is 0.314. The number of hydrogen-bond donors (Lipinski definition) is 0. The molecule has 2 rings (SSSR count). The monoisotopic (exact) mass is 204 g/mol. The van der Waals surface area contributed by atoms with Crippen LogP contribution < -0.4 is 4.74 Å². The fourth-order valence-electron chi connectivity index (χ4n) is 0.926. The van der Waals surface area contributed by atoms with Gasteiger partial charge < -0.3 is 4.74 Å². The van der Waals surface area contributed by atoms with Crippen molar-refractivity contribution in [3.63, 3.8) is 0 Å². The van der Waals surface area contributed by atoms with E-state index in [0.29, 0.717) is 10.8 Å². The van der Waals surface area contributed by atoms with Crippen molar-refractivity contribution < 1.29 is 9.53 Å². The number of esters is 1. The standard InChI is InChI=1S/C10H6NO2S/c12-10(9-11-6-7-14-9)13-8-4-2-1-3-5-8/h1-5,7H. The molecule has 0 aliphatic rings. The van der Waals surface area contributed by atoms with Crippen molar-refractivity contribution in [2.75, 3.05) is 0 Å². The van der Waals surface area contributed by atoms with Gasteiger partial charge in [-0.25, -0.2) is 9.78 Å². The normalized spacial score (nSPS) is 9.71. The van der Waals surface area contributed by atoms with Gasteiger partial charge in [0.15, 0.2) is 0 Å². The lowest BCUT2D eigenvalue weighted by Gasteiger charge is -1.99. The molecule has 0 unspecified atom stereocenters. The van der Waals surface area contributed by atoms with Crippen molar-refractivity contribution in [1.82, 2.24) is 4.98 Å². The van der Waals surface area contributed by atoms with E-state index in [1.165, 1.54) is 11.3 Å². The first-order valence-electron chi connectivity index (χ1n) is 3.95. The number of nitrogens with zero attached hydrogens (tertiary/aromatic N) is 1. The Morgan fingerprint density at radius 1 is 1.36 bits per heavy atom. The molecule has 0 aliphatic heterocycles. The Balaban J connectivity index is 2.10. The highest BCUT2D eigenvalue weighted by atomic mass is 32.1. The van der Waals surface area contributed by atoms with E-state index in [-0.39, 0.29) is 0 Å². The van der Waals surface area contributed by atoms with Crippen LogP contribution in [0, 0.1) is 6.20 Å². The average molecular weight is 204 g/mol. The largest absolute Gasteiger partial charge is 0.421 e. The molecule has 14 heavy (non-hydrogen) atoms. The Hall–Kier alpha value is -1.68. The molecule has 2 aromatic rings. The molecule has 1 aromatic carbocycles. The third kappa shape index (κ3) is 1.97. The number of rotatable bonds is 2. The van der Waals surface area contributed by atoms with Gasteiger partial charge in [-0.15, -0.1) is 11.3 Å². The predicted molar refractivity (Wildman–Crippen MR) is 52.4 cm³/mol. The Morgan fingerprint density at radius 2 is 2.14 bits per heavy atom.